The molecule has 1 aliphatic rings. The lowest BCUT2D eigenvalue weighted by Gasteiger charge is -2.16. The predicted octanol–water partition coefficient (Wildman–Crippen LogP) is 1.60. The number of aromatic nitrogens is 1. The van der Waals surface area contributed by atoms with Gasteiger partial charge >= 0.3 is 0 Å². The molecule has 3 heteroatoms. The van der Waals surface area contributed by atoms with E-state index in [9.17, 15) is 0 Å². The molecule has 2 aromatic rings. The number of hydrogen-bond donors (Lipinski definition) is 2. The largest absolute Gasteiger partial charge is 0.326 e. The summed E-state index contributed by atoms with van der Waals surface area (Å²) in [5, 5.41) is 2.69. The van der Waals surface area contributed by atoms with Crippen molar-refractivity contribution < 1.29 is 1.41 Å². The second-order valence-corrected chi connectivity index (χ2v) is 4.26. The number of fused-ring (bicyclic) bond motifs is 1. The van der Waals surface area contributed by atoms with Crippen LogP contribution in [-0.4, -0.2) is 17.6 Å². The Morgan fingerprint density at radius 2 is 2.38 bits per heavy atom. The molecular formula is C13H15N3. The molecule has 0 aliphatic carbocycles. The number of nitrogens with zero attached hydrogens (tertiary/aromatic N) is 1. The number of hydrogen-bond acceptors (Lipinski definition) is 3. The van der Waals surface area contributed by atoms with Gasteiger partial charge < -0.3 is 11.0 Å². The van der Waals surface area contributed by atoms with Crippen LogP contribution in [0.25, 0.3) is 10.9 Å². The van der Waals surface area contributed by atoms with Gasteiger partial charge in [0, 0.05) is 23.7 Å². The van der Waals surface area contributed by atoms with Crippen molar-refractivity contribution in [3.8, 4) is 0 Å². The quantitative estimate of drug-likeness (QED) is 0.758. The van der Waals surface area contributed by atoms with Crippen molar-refractivity contribution in [1.82, 2.24) is 10.3 Å². The van der Waals surface area contributed by atoms with Gasteiger partial charge in [0.1, 0.15) is 1.41 Å². The SMILES string of the molecule is [2H]N1CCC(N)[C@H]1c1ccc2ncccc2c1. The molecule has 2 atom stereocenters. The summed E-state index contributed by atoms with van der Waals surface area (Å²) in [6.07, 6.45) is 2.68. The first kappa shape index (κ1) is 8.67. The number of rotatable bonds is 1. The van der Waals surface area contributed by atoms with Gasteiger partial charge in [-0.15, -0.1) is 0 Å². The topological polar surface area (TPSA) is 50.9 Å². The van der Waals surface area contributed by atoms with Crippen molar-refractivity contribution in [2.24, 2.45) is 5.73 Å². The summed E-state index contributed by atoms with van der Waals surface area (Å²) in [7, 11) is 0. The van der Waals surface area contributed by atoms with Crippen molar-refractivity contribution in [1.29, 1.82) is 0 Å². The van der Waals surface area contributed by atoms with Gasteiger partial charge in [-0.25, -0.2) is 0 Å². The van der Waals surface area contributed by atoms with Gasteiger partial charge in [-0.1, -0.05) is 12.1 Å². The summed E-state index contributed by atoms with van der Waals surface area (Å²) in [4.78, 5) is 4.30. The Balaban J connectivity index is 2.05. The first-order chi connectivity index (χ1) is 8.25. The third-order valence-electron chi connectivity index (χ3n) is 3.16. The van der Waals surface area contributed by atoms with Gasteiger partial charge in [0.25, 0.3) is 0 Å². The second-order valence-electron chi connectivity index (χ2n) is 4.26. The van der Waals surface area contributed by atoms with Gasteiger partial charge in [0.2, 0.25) is 0 Å². The van der Waals surface area contributed by atoms with Crippen molar-refractivity contribution in [2.75, 3.05) is 6.54 Å². The van der Waals surface area contributed by atoms with Crippen LogP contribution in [0.3, 0.4) is 0 Å². The van der Waals surface area contributed by atoms with Crippen LogP contribution in [0.4, 0.5) is 0 Å². The van der Waals surface area contributed by atoms with E-state index >= 15 is 0 Å². The van der Waals surface area contributed by atoms with E-state index < -0.39 is 0 Å². The molecule has 1 aliphatic heterocycles. The Morgan fingerprint density at radius 1 is 1.44 bits per heavy atom. The molecule has 82 valence electrons. The fourth-order valence-electron chi connectivity index (χ4n) is 2.29. The van der Waals surface area contributed by atoms with E-state index in [1.807, 2.05) is 24.3 Å². The van der Waals surface area contributed by atoms with Crippen LogP contribution >= 0.6 is 0 Å². The van der Waals surface area contributed by atoms with E-state index in [4.69, 9.17) is 7.15 Å². The van der Waals surface area contributed by atoms with Gasteiger partial charge in [-0.05, 0) is 36.7 Å². The Hall–Kier alpha value is -1.45. The van der Waals surface area contributed by atoms with Gasteiger partial charge in [-0.2, -0.15) is 0 Å². The minimum atomic E-state index is 0.0135. The molecule has 3 rings (SSSR count). The summed E-state index contributed by atoms with van der Waals surface area (Å²) in [5.74, 6) is 0. The lowest BCUT2D eigenvalue weighted by molar-refractivity contribution is 0.572. The minimum absolute atomic E-state index is 0.0135. The average Bonchev–Trinajstić information content (AvgIpc) is 2.68. The van der Waals surface area contributed by atoms with Crippen molar-refractivity contribution >= 4 is 10.9 Å². The van der Waals surface area contributed by atoms with Crippen LogP contribution in [0.15, 0.2) is 36.5 Å². The molecule has 0 spiro atoms. The first-order valence-corrected chi connectivity index (χ1v) is 5.61. The summed E-state index contributed by atoms with van der Waals surface area (Å²) >= 11 is 0. The lowest BCUT2D eigenvalue weighted by atomic mass is 10.00. The summed E-state index contributed by atoms with van der Waals surface area (Å²) in [6, 6.07) is 10.2. The van der Waals surface area contributed by atoms with Gasteiger partial charge in [0.15, 0.2) is 0 Å². The molecular weight excluding hydrogens is 198 g/mol. The smallest absolute Gasteiger partial charge is 0.123 e. The lowest BCUT2D eigenvalue weighted by Crippen LogP contribution is -2.28. The first-order valence-electron chi connectivity index (χ1n) is 6.06. The molecule has 3 nitrogen and oxygen atoms in total. The highest BCUT2D eigenvalue weighted by Crippen LogP contribution is 2.24. The Morgan fingerprint density at radius 3 is 3.19 bits per heavy atom. The number of pyridine rings is 1. The highest BCUT2D eigenvalue weighted by atomic mass is 15.0. The zero-order valence-electron chi connectivity index (χ0n) is 10.0. The van der Waals surface area contributed by atoms with Gasteiger partial charge in [0.05, 0.1) is 5.52 Å². The van der Waals surface area contributed by atoms with Crippen LogP contribution in [0, 0.1) is 0 Å². The number of nitrogens with one attached hydrogen (secondary N) is 1. The normalized spacial score (nSPS) is 27.2. The minimum Gasteiger partial charge on any atom is -0.326 e. The van der Waals surface area contributed by atoms with E-state index in [1.165, 1.54) is 0 Å². The fraction of sp³-hybridized carbons (Fsp3) is 0.308. The maximum absolute atomic E-state index is 7.90. The number of nitrogens with two attached hydrogens (primary N) is 1. The maximum atomic E-state index is 7.90. The Labute approximate surface area is 96.1 Å². The van der Waals surface area contributed by atoms with Gasteiger partial charge in [-0.3, -0.25) is 4.98 Å². The van der Waals surface area contributed by atoms with Crippen LogP contribution in [-0.2, 0) is 0 Å². The zero-order valence-corrected chi connectivity index (χ0v) is 9.00. The molecule has 3 N–H and O–H groups in total. The van der Waals surface area contributed by atoms with Crippen LogP contribution < -0.4 is 11.0 Å². The molecule has 1 aromatic carbocycles. The fourth-order valence-corrected chi connectivity index (χ4v) is 2.29. The van der Waals surface area contributed by atoms with E-state index in [1.54, 1.807) is 11.5 Å². The molecule has 2 heterocycles. The predicted molar refractivity (Wildman–Crippen MR) is 65.1 cm³/mol. The van der Waals surface area contributed by atoms with Crippen molar-refractivity contribution in [3.05, 3.63) is 42.1 Å². The molecule has 1 unspecified atom stereocenters. The van der Waals surface area contributed by atoms with E-state index in [0.29, 0.717) is 0 Å². The summed E-state index contributed by atoms with van der Waals surface area (Å²) in [6.45, 7) is 0.747. The summed E-state index contributed by atoms with van der Waals surface area (Å²) in [5.41, 5.74) is 8.17. The molecule has 16 heavy (non-hydrogen) atoms. The second kappa shape index (κ2) is 3.85. The third-order valence-corrected chi connectivity index (χ3v) is 3.16. The Kier molecular flexibility index (Phi) is 2.09. The van der Waals surface area contributed by atoms with E-state index in [0.717, 1.165) is 29.4 Å². The van der Waals surface area contributed by atoms with Crippen LogP contribution in [0.5, 0.6) is 0 Å². The molecule has 0 amide bonds. The van der Waals surface area contributed by atoms with Crippen molar-refractivity contribution in [2.45, 2.75) is 18.5 Å². The molecule has 0 radical (unpaired) electrons. The molecule has 0 bridgehead atoms. The monoisotopic (exact) mass is 214 g/mol. The zero-order chi connectivity index (χ0) is 11.8. The standard InChI is InChI=1S/C13H15N3/c14-11-5-7-16-13(11)10-3-4-12-9(8-10)2-1-6-15-12/h1-4,6,8,11,13,16H,5,7,14H2/t11?,13-/m1/s1/i/hD. The maximum Gasteiger partial charge on any atom is 0.123 e. The molecule has 1 saturated heterocycles. The summed E-state index contributed by atoms with van der Waals surface area (Å²) < 4.78 is 7.90. The molecule has 1 fully saturated rings. The van der Waals surface area contributed by atoms with Crippen molar-refractivity contribution in [3.63, 3.8) is 0 Å². The average molecular weight is 214 g/mol. The van der Waals surface area contributed by atoms with E-state index in [2.05, 4.69) is 11.1 Å². The third kappa shape index (κ3) is 1.58. The number of benzene rings is 1. The highest BCUT2D eigenvalue weighted by Gasteiger charge is 2.24. The van der Waals surface area contributed by atoms with Crippen LogP contribution in [0.1, 0.15) is 18.0 Å². The van der Waals surface area contributed by atoms with Crippen LogP contribution in [0.2, 0.25) is 1.41 Å². The van der Waals surface area contributed by atoms with E-state index in [-0.39, 0.29) is 12.1 Å². The molecule has 1 aromatic heterocycles. The Bertz CT molecular complexity index is 533. The highest BCUT2D eigenvalue weighted by molar-refractivity contribution is 5.79. The molecule has 0 saturated carbocycles.